The number of nitrogens with one attached hydrogen (secondary N) is 2. The summed E-state index contributed by atoms with van der Waals surface area (Å²) < 4.78 is 37.9. The minimum Gasteiger partial charge on any atom is -0.446 e. The summed E-state index contributed by atoms with van der Waals surface area (Å²) in [5.41, 5.74) is 1.29. The van der Waals surface area contributed by atoms with E-state index < -0.39 is 29.7 Å². The van der Waals surface area contributed by atoms with E-state index in [-0.39, 0.29) is 28.6 Å². The maximum atomic E-state index is 14.6. The first kappa shape index (κ1) is 20.8. The third kappa shape index (κ3) is 4.51. The quantitative estimate of drug-likeness (QED) is 0.587. The van der Waals surface area contributed by atoms with Crippen molar-refractivity contribution in [1.29, 1.82) is 0 Å². The topological polar surface area (TPSA) is 93.5 Å². The van der Waals surface area contributed by atoms with Crippen LogP contribution in [0.2, 0.25) is 5.02 Å². The van der Waals surface area contributed by atoms with Crippen LogP contribution in [0.5, 0.6) is 0 Å². The predicted molar refractivity (Wildman–Crippen MR) is 107 cm³/mol. The fourth-order valence-electron chi connectivity index (χ4n) is 3.48. The number of fused-ring (bicyclic) bond motifs is 1. The van der Waals surface area contributed by atoms with Gasteiger partial charge in [-0.15, -0.1) is 0 Å². The highest BCUT2D eigenvalue weighted by Gasteiger charge is 2.31. The molecule has 1 aliphatic carbocycles. The Labute approximate surface area is 180 Å². The van der Waals surface area contributed by atoms with E-state index in [1.165, 1.54) is 36.7 Å². The van der Waals surface area contributed by atoms with Gasteiger partial charge in [-0.25, -0.2) is 18.6 Å². The lowest BCUT2D eigenvalue weighted by Crippen LogP contribution is -2.28. The molecule has 7 nitrogen and oxygen atoms in total. The van der Waals surface area contributed by atoms with Crippen LogP contribution in [0.3, 0.4) is 0 Å². The molecule has 0 bridgehead atoms. The molecular formula is C21H16ClF2N3O4. The fourth-order valence-corrected chi connectivity index (χ4v) is 3.66. The molecule has 2 aromatic carbocycles. The molecule has 3 aromatic rings. The lowest BCUT2D eigenvalue weighted by atomic mass is 10.0. The molecule has 2 N–H and O–H groups in total. The van der Waals surface area contributed by atoms with Crippen LogP contribution in [-0.2, 0) is 17.8 Å². The minimum atomic E-state index is -0.758. The number of carbonyl (C=O) groups excluding carboxylic acids is 2. The number of anilines is 1. The predicted octanol–water partition coefficient (Wildman–Crippen LogP) is 4.77. The molecule has 10 heteroatoms. The molecule has 0 unspecified atom stereocenters. The van der Waals surface area contributed by atoms with Gasteiger partial charge in [0.05, 0.1) is 17.3 Å². The largest absolute Gasteiger partial charge is 0.446 e. The lowest BCUT2D eigenvalue weighted by Gasteiger charge is -2.16. The van der Waals surface area contributed by atoms with Crippen LogP contribution in [0.4, 0.5) is 19.3 Å². The van der Waals surface area contributed by atoms with Crippen molar-refractivity contribution in [2.45, 2.75) is 25.5 Å². The maximum Gasteiger partial charge on any atom is 0.408 e. The zero-order valence-corrected chi connectivity index (χ0v) is 16.7. The molecule has 0 spiro atoms. The normalized spacial score (nSPS) is 14.7. The van der Waals surface area contributed by atoms with Crippen LogP contribution < -0.4 is 10.6 Å². The number of rotatable bonds is 5. The first-order chi connectivity index (χ1) is 14.9. The van der Waals surface area contributed by atoms with E-state index in [0.29, 0.717) is 24.1 Å². The third-order valence-electron chi connectivity index (χ3n) is 4.86. The van der Waals surface area contributed by atoms with Gasteiger partial charge in [-0.1, -0.05) is 11.6 Å². The lowest BCUT2D eigenvalue weighted by molar-refractivity contribution is 0.102. The zero-order valence-electron chi connectivity index (χ0n) is 16.0. The number of nitrogens with zero attached hydrogens (tertiary/aromatic N) is 1. The summed E-state index contributed by atoms with van der Waals surface area (Å²) in [5.74, 6) is -1.41. The number of ether oxygens (including phenoxy) is 1. The first-order valence-corrected chi connectivity index (χ1v) is 9.69. The molecule has 0 radical (unpaired) electrons. The number of alkyl carbamates (subject to hydrolysis) is 1. The molecule has 31 heavy (non-hydrogen) atoms. The van der Waals surface area contributed by atoms with E-state index >= 15 is 0 Å². The number of hydrogen-bond acceptors (Lipinski definition) is 5. The minimum absolute atomic E-state index is 0.130. The average molecular weight is 448 g/mol. The molecule has 0 saturated heterocycles. The Kier molecular flexibility index (Phi) is 5.85. The Morgan fingerprint density at radius 3 is 2.77 bits per heavy atom. The molecular weight excluding hydrogens is 432 g/mol. The van der Waals surface area contributed by atoms with Gasteiger partial charge >= 0.3 is 6.09 Å². The summed E-state index contributed by atoms with van der Waals surface area (Å²) in [6.07, 6.45) is 2.79. The van der Waals surface area contributed by atoms with Crippen molar-refractivity contribution in [2.24, 2.45) is 0 Å². The molecule has 1 aromatic heterocycles. The summed E-state index contributed by atoms with van der Waals surface area (Å²) >= 11 is 5.75. The van der Waals surface area contributed by atoms with Gasteiger partial charge in [-0.05, 0) is 48.7 Å². The van der Waals surface area contributed by atoms with E-state index in [4.69, 9.17) is 20.8 Å². The summed E-state index contributed by atoms with van der Waals surface area (Å²) in [5, 5.41) is 5.10. The number of aromatic nitrogens is 1. The Bertz CT molecular complexity index is 1140. The number of carbonyl (C=O) groups is 2. The number of halogens is 3. The highest BCUT2D eigenvalue weighted by atomic mass is 35.5. The molecule has 0 saturated carbocycles. The Morgan fingerprint density at radius 2 is 2.03 bits per heavy atom. The van der Waals surface area contributed by atoms with Crippen LogP contribution in [0.15, 0.2) is 47.2 Å². The van der Waals surface area contributed by atoms with E-state index in [9.17, 15) is 18.4 Å². The number of hydrogen-bond donors (Lipinski definition) is 2. The Morgan fingerprint density at radius 1 is 1.23 bits per heavy atom. The third-order valence-corrected chi connectivity index (χ3v) is 5.15. The standard InChI is InChI=1S/C21H16ClF2N3O4/c22-14-9-11(1-4-15(14)23)26-20(28)13-2-5-16(24)19-12(13)3-6-17(19)27-21(29)31-10-18-25-7-8-30-18/h1-2,4-5,7-9,17H,3,6,10H2,(H,26,28)(H,27,29)/t17-/m0/s1. The Balaban J connectivity index is 1.48. The highest BCUT2D eigenvalue weighted by Crippen LogP contribution is 2.36. The van der Waals surface area contributed by atoms with E-state index in [1.54, 1.807) is 0 Å². The van der Waals surface area contributed by atoms with E-state index in [0.717, 1.165) is 6.07 Å². The van der Waals surface area contributed by atoms with Gasteiger partial charge in [-0.3, -0.25) is 4.79 Å². The van der Waals surface area contributed by atoms with Crippen molar-refractivity contribution < 1.29 is 27.5 Å². The van der Waals surface area contributed by atoms with Crippen molar-refractivity contribution in [3.8, 4) is 0 Å². The van der Waals surface area contributed by atoms with E-state index in [2.05, 4.69) is 15.6 Å². The second-order valence-corrected chi connectivity index (χ2v) is 7.21. The molecule has 1 aliphatic rings. The molecule has 0 aliphatic heterocycles. The van der Waals surface area contributed by atoms with Gasteiger partial charge in [0.1, 0.15) is 17.9 Å². The smallest absolute Gasteiger partial charge is 0.408 e. The number of amides is 2. The maximum absolute atomic E-state index is 14.6. The monoisotopic (exact) mass is 447 g/mol. The van der Waals surface area contributed by atoms with Crippen LogP contribution in [0.25, 0.3) is 0 Å². The van der Waals surface area contributed by atoms with Crippen LogP contribution in [0.1, 0.15) is 39.8 Å². The Hall–Kier alpha value is -3.46. The SMILES string of the molecule is O=C(N[C@H]1CCc2c(C(=O)Nc3ccc(F)c(Cl)c3)ccc(F)c21)OCc1ncco1. The van der Waals surface area contributed by atoms with Crippen LogP contribution in [0, 0.1) is 11.6 Å². The molecule has 1 atom stereocenters. The van der Waals surface area contributed by atoms with Gasteiger partial charge in [0.2, 0.25) is 5.89 Å². The van der Waals surface area contributed by atoms with Crippen LogP contribution in [-0.4, -0.2) is 17.0 Å². The van der Waals surface area contributed by atoms with Crippen molar-refractivity contribution in [3.05, 3.63) is 82.0 Å². The molecule has 1 heterocycles. The summed E-state index contributed by atoms with van der Waals surface area (Å²) in [6, 6.07) is 5.68. The van der Waals surface area contributed by atoms with Crippen molar-refractivity contribution in [2.75, 3.05) is 5.32 Å². The fraction of sp³-hybridized carbons (Fsp3) is 0.190. The van der Waals surface area contributed by atoms with Gasteiger partial charge in [-0.2, -0.15) is 0 Å². The second kappa shape index (κ2) is 8.73. The number of benzene rings is 2. The second-order valence-electron chi connectivity index (χ2n) is 6.81. The van der Waals surface area contributed by atoms with Crippen molar-refractivity contribution in [3.63, 3.8) is 0 Å². The summed E-state index contributed by atoms with van der Waals surface area (Å²) in [4.78, 5) is 28.7. The van der Waals surface area contributed by atoms with Gasteiger partial charge in [0.15, 0.2) is 6.61 Å². The first-order valence-electron chi connectivity index (χ1n) is 9.31. The summed E-state index contributed by atoms with van der Waals surface area (Å²) in [7, 11) is 0. The van der Waals surface area contributed by atoms with Crippen LogP contribution >= 0.6 is 11.6 Å². The van der Waals surface area contributed by atoms with Gasteiger partial charge < -0.3 is 19.8 Å². The molecule has 4 rings (SSSR count). The summed E-state index contributed by atoms with van der Waals surface area (Å²) in [6.45, 7) is -0.163. The molecule has 2 amide bonds. The van der Waals surface area contributed by atoms with Crippen molar-refractivity contribution in [1.82, 2.24) is 10.3 Å². The van der Waals surface area contributed by atoms with Gasteiger partial charge in [0, 0.05) is 16.8 Å². The highest BCUT2D eigenvalue weighted by molar-refractivity contribution is 6.31. The van der Waals surface area contributed by atoms with Crippen molar-refractivity contribution >= 4 is 29.3 Å². The van der Waals surface area contributed by atoms with E-state index in [1.807, 2.05) is 0 Å². The average Bonchev–Trinajstić information content (AvgIpc) is 3.40. The molecule has 0 fully saturated rings. The number of oxazole rings is 1. The molecule has 160 valence electrons. The van der Waals surface area contributed by atoms with Gasteiger partial charge in [0.25, 0.3) is 5.91 Å². The zero-order chi connectivity index (χ0) is 22.0.